The molecule has 0 radical (unpaired) electrons. The number of aryl methyl sites for hydroxylation is 2. The number of carbonyl (C=O) groups is 3. The van der Waals surface area contributed by atoms with Gasteiger partial charge in [0.1, 0.15) is 17.0 Å². The molecule has 3 amide bonds. The molecule has 2 aromatic carbocycles. The number of anilines is 1. The summed E-state index contributed by atoms with van der Waals surface area (Å²) in [6.07, 6.45) is -3.49. The molecular formula is C33H34F3N5O5. The van der Waals surface area contributed by atoms with Crippen LogP contribution in [0, 0.1) is 6.92 Å². The Bertz CT molecular complexity index is 1770. The van der Waals surface area contributed by atoms with Crippen molar-refractivity contribution in [2.75, 3.05) is 31.5 Å². The van der Waals surface area contributed by atoms with Crippen LogP contribution < -0.4 is 10.1 Å². The van der Waals surface area contributed by atoms with Crippen molar-refractivity contribution in [1.29, 1.82) is 0 Å². The first-order valence-corrected chi connectivity index (χ1v) is 14.6. The minimum absolute atomic E-state index is 0.0704. The van der Waals surface area contributed by atoms with Gasteiger partial charge in [0.25, 0.3) is 11.8 Å². The highest BCUT2D eigenvalue weighted by Gasteiger charge is 2.31. The Kier molecular flexibility index (Phi) is 8.70. The van der Waals surface area contributed by atoms with Gasteiger partial charge in [-0.25, -0.2) is 9.78 Å². The third kappa shape index (κ3) is 7.08. The average molecular weight is 638 g/mol. The molecule has 10 nitrogen and oxygen atoms in total. The van der Waals surface area contributed by atoms with Gasteiger partial charge < -0.3 is 29.2 Å². The molecule has 0 bridgehead atoms. The van der Waals surface area contributed by atoms with Gasteiger partial charge in [-0.15, -0.1) is 0 Å². The van der Waals surface area contributed by atoms with Gasteiger partial charge in [0.15, 0.2) is 0 Å². The number of rotatable bonds is 5. The van der Waals surface area contributed by atoms with E-state index in [2.05, 4.69) is 10.3 Å². The molecule has 46 heavy (non-hydrogen) atoms. The predicted octanol–water partition coefficient (Wildman–Crippen LogP) is 6.64. The van der Waals surface area contributed by atoms with E-state index in [4.69, 9.17) is 9.47 Å². The van der Waals surface area contributed by atoms with E-state index in [-0.39, 0.29) is 23.4 Å². The second-order valence-corrected chi connectivity index (χ2v) is 12.0. The number of alkyl halides is 3. The molecule has 1 aliphatic heterocycles. The largest absolute Gasteiger partial charge is 0.444 e. The fraction of sp³-hybridized carbons (Fsp3) is 0.333. The van der Waals surface area contributed by atoms with Crippen LogP contribution >= 0.6 is 0 Å². The summed E-state index contributed by atoms with van der Waals surface area (Å²) in [6.45, 7) is 8.86. The highest BCUT2D eigenvalue weighted by molar-refractivity contribution is 6.04. The number of aromatic nitrogens is 2. The predicted molar refractivity (Wildman–Crippen MR) is 165 cm³/mol. The highest BCUT2D eigenvalue weighted by Crippen LogP contribution is 2.33. The van der Waals surface area contributed by atoms with Gasteiger partial charge in [-0.3, -0.25) is 9.59 Å². The van der Waals surface area contributed by atoms with Crippen LogP contribution in [0.15, 0.2) is 60.8 Å². The van der Waals surface area contributed by atoms with E-state index in [1.54, 1.807) is 28.0 Å². The lowest BCUT2D eigenvalue weighted by Crippen LogP contribution is -2.51. The molecular weight excluding hydrogens is 603 g/mol. The molecule has 0 spiro atoms. The molecule has 1 N–H and O–H groups in total. The SMILES string of the molecule is Cc1c(Oc2ccc(NC(=O)c3ccc(C(F)(F)F)cc3)cn2)ccc2c1cc(C(=O)N1CCN(C(=O)OC(C)(C)C)CC1)n2C. The van der Waals surface area contributed by atoms with Crippen molar-refractivity contribution in [1.82, 2.24) is 19.4 Å². The monoisotopic (exact) mass is 637 g/mol. The number of benzene rings is 2. The molecule has 1 aliphatic rings. The van der Waals surface area contributed by atoms with Crippen molar-refractivity contribution in [2.45, 2.75) is 39.5 Å². The lowest BCUT2D eigenvalue weighted by Gasteiger charge is -2.35. The number of piperazine rings is 1. The number of nitrogens with one attached hydrogen (secondary N) is 1. The molecule has 1 saturated heterocycles. The molecule has 0 unspecified atom stereocenters. The van der Waals surface area contributed by atoms with Gasteiger partial charge in [0, 0.05) is 61.3 Å². The van der Waals surface area contributed by atoms with Gasteiger partial charge in [-0.05, 0) is 76.2 Å². The lowest BCUT2D eigenvalue weighted by molar-refractivity contribution is -0.137. The fourth-order valence-electron chi connectivity index (χ4n) is 5.07. The van der Waals surface area contributed by atoms with Crippen LogP contribution in [0.5, 0.6) is 11.6 Å². The fourth-order valence-corrected chi connectivity index (χ4v) is 5.07. The van der Waals surface area contributed by atoms with E-state index in [0.717, 1.165) is 40.7 Å². The smallest absolute Gasteiger partial charge is 0.416 e. The van der Waals surface area contributed by atoms with E-state index in [1.165, 1.54) is 6.20 Å². The summed E-state index contributed by atoms with van der Waals surface area (Å²) in [5, 5.41) is 3.43. The Hall–Kier alpha value is -5.07. The molecule has 242 valence electrons. The quantitative estimate of drug-likeness (QED) is 0.263. The first kappa shape index (κ1) is 32.3. The average Bonchev–Trinajstić information content (AvgIpc) is 3.34. The summed E-state index contributed by atoms with van der Waals surface area (Å²) in [6, 6.07) is 12.5. The molecule has 1 fully saturated rings. The van der Waals surface area contributed by atoms with Crippen LogP contribution in [-0.4, -0.2) is 69.0 Å². The number of nitrogens with zero attached hydrogens (tertiary/aromatic N) is 4. The molecule has 13 heteroatoms. The van der Waals surface area contributed by atoms with Gasteiger partial charge in [-0.1, -0.05) is 0 Å². The van der Waals surface area contributed by atoms with Crippen molar-refractivity contribution in [3.63, 3.8) is 0 Å². The Labute approximate surface area is 263 Å². The van der Waals surface area contributed by atoms with Crippen LogP contribution in [0.1, 0.15) is 52.7 Å². The summed E-state index contributed by atoms with van der Waals surface area (Å²) >= 11 is 0. The van der Waals surface area contributed by atoms with Crippen molar-refractivity contribution < 1.29 is 37.0 Å². The number of hydrogen-bond acceptors (Lipinski definition) is 6. The minimum atomic E-state index is -4.49. The van der Waals surface area contributed by atoms with Gasteiger partial charge in [0.2, 0.25) is 5.88 Å². The van der Waals surface area contributed by atoms with Crippen molar-refractivity contribution in [3.8, 4) is 11.6 Å². The normalized spacial score (nSPS) is 13.9. The van der Waals surface area contributed by atoms with Crippen molar-refractivity contribution >= 4 is 34.5 Å². The zero-order chi connectivity index (χ0) is 33.4. The Morgan fingerprint density at radius 1 is 0.891 bits per heavy atom. The number of halogens is 3. The Morgan fingerprint density at radius 2 is 1.54 bits per heavy atom. The van der Waals surface area contributed by atoms with Crippen LogP contribution in [0.4, 0.5) is 23.7 Å². The standard InChI is InChI=1S/C33H34F3N5O5/c1-20-24-18-26(30(43)40-14-16-41(17-15-40)31(44)46-32(2,3)4)39(5)25(24)11-12-27(20)45-28-13-10-23(19-37-28)38-29(42)21-6-8-22(9-7-21)33(34,35)36/h6-13,18-19H,14-17H2,1-5H3,(H,38,42). The Morgan fingerprint density at radius 3 is 2.13 bits per heavy atom. The van der Waals surface area contributed by atoms with Crippen LogP contribution in [0.3, 0.4) is 0 Å². The van der Waals surface area contributed by atoms with E-state index >= 15 is 0 Å². The number of fused-ring (bicyclic) bond motifs is 1. The van der Waals surface area contributed by atoms with Crippen LogP contribution in [0.2, 0.25) is 0 Å². The molecule has 0 saturated carbocycles. The van der Waals surface area contributed by atoms with Gasteiger partial charge >= 0.3 is 12.3 Å². The highest BCUT2D eigenvalue weighted by atomic mass is 19.4. The van der Waals surface area contributed by atoms with Crippen LogP contribution in [0.25, 0.3) is 10.9 Å². The zero-order valence-corrected chi connectivity index (χ0v) is 26.1. The third-order valence-corrected chi connectivity index (χ3v) is 7.57. The van der Waals surface area contributed by atoms with Crippen LogP contribution in [-0.2, 0) is 18.0 Å². The number of ether oxygens (including phenoxy) is 2. The second-order valence-electron chi connectivity index (χ2n) is 12.0. The maximum Gasteiger partial charge on any atom is 0.416 e. The lowest BCUT2D eigenvalue weighted by atomic mass is 10.1. The molecule has 2 aromatic heterocycles. The second kappa shape index (κ2) is 12.4. The van der Waals surface area contributed by atoms with Gasteiger partial charge in [0.05, 0.1) is 17.4 Å². The molecule has 0 aliphatic carbocycles. The van der Waals surface area contributed by atoms with Crippen molar-refractivity contribution in [3.05, 3.63) is 83.2 Å². The molecule has 3 heterocycles. The maximum absolute atomic E-state index is 13.5. The number of hydrogen-bond donors (Lipinski definition) is 1. The van der Waals surface area contributed by atoms with E-state index < -0.39 is 23.2 Å². The third-order valence-electron chi connectivity index (χ3n) is 7.57. The number of pyridine rings is 1. The number of amides is 3. The Balaban J connectivity index is 1.23. The number of carbonyl (C=O) groups excluding carboxylic acids is 3. The summed E-state index contributed by atoms with van der Waals surface area (Å²) in [5.74, 6) is 0.0621. The summed E-state index contributed by atoms with van der Waals surface area (Å²) in [5.41, 5.74) is 1.12. The molecule has 0 atom stereocenters. The van der Waals surface area contributed by atoms with Gasteiger partial charge in [-0.2, -0.15) is 13.2 Å². The van der Waals surface area contributed by atoms with Crippen molar-refractivity contribution in [2.24, 2.45) is 7.05 Å². The summed E-state index contributed by atoms with van der Waals surface area (Å²) < 4.78 is 51.7. The minimum Gasteiger partial charge on any atom is -0.444 e. The van der Waals surface area contributed by atoms with E-state index in [9.17, 15) is 27.6 Å². The zero-order valence-electron chi connectivity index (χ0n) is 26.1. The topological polar surface area (TPSA) is 106 Å². The summed E-state index contributed by atoms with van der Waals surface area (Å²) in [7, 11) is 1.83. The van der Waals surface area contributed by atoms with E-state index in [1.807, 2.05) is 51.4 Å². The molecule has 4 aromatic rings. The van der Waals surface area contributed by atoms with E-state index in [0.29, 0.717) is 43.3 Å². The first-order chi connectivity index (χ1) is 21.6. The molecule has 5 rings (SSSR count). The summed E-state index contributed by atoms with van der Waals surface area (Å²) in [4.78, 5) is 46.0. The first-order valence-electron chi connectivity index (χ1n) is 14.6. The maximum atomic E-state index is 13.5.